The third kappa shape index (κ3) is 1.74. The Balaban J connectivity index is 3.05. The van der Waals surface area contributed by atoms with Crippen LogP contribution in [0.4, 0.5) is 10.1 Å². The lowest BCUT2D eigenvalue weighted by Crippen LogP contribution is -1.98. The number of anilines is 1. The zero-order valence-corrected chi connectivity index (χ0v) is 6.93. The van der Waals surface area contributed by atoms with E-state index in [9.17, 15) is 9.18 Å². The summed E-state index contributed by atoms with van der Waals surface area (Å²) >= 11 is 2.87. The minimum Gasteiger partial charge on any atom is -0.326 e. The Morgan fingerprint density at radius 2 is 2.45 bits per heavy atom. The van der Waals surface area contributed by atoms with Crippen molar-refractivity contribution in [2.45, 2.75) is 0 Å². The summed E-state index contributed by atoms with van der Waals surface area (Å²) in [5.74, 6) is -0.570. The van der Waals surface area contributed by atoms with Crippen LogP contribution in [0.2, 0.25) is 0 Å². The van der Waals surface area contributed by atoms with Crippen molar-refractivity contribution in [2.75, 3.05) is 5.32 Å². The van der Waals surface area contributed by atoms with Crippen molar-refractivity contribution in [3.63, 3.8) is 0 Å². The van der Waals surface area contributed by atoms with Gasteiger partial charge in [-0.25, -0.2) is 9.37 Å². The highest BCUT2D eigenvalue weighted by atomic mass is 79.9. The average Bonchev–Trinajstić information content (AvgIpc) is 1.99. The van der Waals surface area contributed by atoms with Gasteiger partial charge in [0, 0.05) is 6.20 Å². The van der Waals surface area contributed by atoms with E-state index < -0.39 is 5.82 Å². The SMILES string of the molecule is O=CNc1ccnc(Br)c1F. The first-order valence-electron chi connectivity index (χ1n) is 2.76. The van der Waals surface area contributed by atoms with Gasteiger partial charge in [-0.15, -0.1) is 0 Å². The Kier molecular flexibility index (Phi) is 2.53. The zero-order valence-electron chi connectivity index (χ0n) is 5.34. The Morgan fingerprint density at radius 1 is 1.73 bits per heavy atom. The van der Waals surface area contributed by atoms with E-state index >= 15 is 0 Å². The number of rotatable bonds is 2. The highest BCUT2D eigenvalue weighted by Gasteiger charge is 2.04. The topological polar surface area (TPSA) is 42.0 Å². The molecule has 0 fully saturated rings. The minimum atomic E-state index is -0.570. The molecular formula is C6H4BrFN2O. The predicted octanol–water partition coefficient (Wildman–Crippen LogP) is 1.55. The number of nitrogens with one attached hydrogen (secondary N) is 1. The number of pyridine rings is 1. The normalized spacial score (nSPS) is 9.27. The molecule has 0 radical (unpaired) electrons. The second kappa shape index (κ2) is 3.43. The lowest BCUT2D eigenvalue weighted by molar-refractivity contribution is -0.105. The van der Waals surface area contributed by atoms with Crippen LogP contribution >= 0.6 is 15.9 Å². The molecule has 0 bridgehead atoms. The van der Waals surface area contributed by atoms with E-state index in [1.807, 2.05) is 0 Å². The fourth-order valence-electron chi connectivity index (χ4n) is 0.593. The molecule has 0 aliphatic heterocycles. The van der Waals surface area contributed by atoms with Crippen molar-refractivity contribution in [3.05, 3.63) is 22.7 Å². The molecule has 58 valence electrons. The minimum absolute atomic E-state index is 0.0874. The number of halogens is 2. The van der Waals surface area contributed by atoms with Gasteiger partial charge in [-0.1, -0.05) is 0 Å². The molecule has 1 aromatic rings. The standard InChI is InChI=1S/C6H4BrFN2O/c7-6-5(8)4(10-3-11)1-2-9-6/h1-3H,(H,9,10,11). The van der Waals surface area contributed by atoms with Gasteiger partial charge in [-0.2, -0.15) is 0 Å². The molecule has 0 atom stereocenters. The van der Waals surface area contributed by atoms with Crippen molar-refractivity contribution < 1.29 is 9.18 Å². The van der Waals surface area contributed by atoms with Crippen molar-refractivity contribution >= 4 is 28.0 Å². The van der Waals surface area contributed by atoms with Crippen LogP contribution in [0.1, 0.15) is 0 Å². The number of nitrogens with zero attached hydrogens (tertiary/aromatic N) is 1. The van der Waals surface area contributed by atoms with Gasteiger partial charge >= 0.3 is 0 Å². The molecule has 11 heavy (non-hydrogen) atoms. The largest absolute Gasteiger partial charge is 0.326 e. The third-order valence-electron chi connectivity index (χ3n) is 1.06. The Labute approximate surface area is 70.8 Å². The highest BCUT2D eigenvalue weighted by Crippen LogP contribution is 2.18. The average molecular weight is 219 g/mol. The van der Waals surface area contributed by atoms with Crippen molar-refractivity contribution in [1.29, 1.82) is 0 Å². The van der Waals surface area contributed by atoms with Crippen LogP contribution in [-0.4, -0.2) is 11.4 Å². The molecule has 1 N–H and O–H groups in total. The number of carbonyl (C=O) groups excluding carboxylic acids is 1. The van der Waals surface area contributed by atoms with Crippen molar-refractivity contribution in [3.8, 4) is 0 Å². The lowest BCUT2D eigenvalue weighted by atomic mass is 10.4. The first-order valence-corrected chi connectivity index (χ1v) is 3.55. The van der Waals surface area contributed by atoms with Crippen LogP contribution in [0.5, 0.6) is 0 Å². The van der Waals surface area contributed by atoms with Crippen LogP contribution in [0.3, 0.4) is 0 Å². The first-order chi connectivity index (χ1) is 5.25. The molecule has 5 heteroatoms. The molecule has 1 aromatic heterocycles. The summed E-state index contributed by atoms with van der Waals surface area (Å²) in [6.07, 6.45) is 1.80. The molecule has 0 unspecified atom stereocenters. The van der Waals surface area contributed by atoms with Gasteiger partial charge in [0.2, 0.25) is 6.41 Å². The summed E-state index contributed by atoms with van der Waals surface area (Å²) in [6, 6.07) is 1.37. The quantitative estimate of drug-likeness (QED) is 0.605. The van der Waals surface area contributed by atoms with Crippen LogP contribution in [-0.2, 0) is 4.79 Å². The van der Waals surface area contributed by atoms with E-state index in [0.717, 1.165) is 0 Å². The monoisotopic (exact) mass is 218 g/mol. The molecule has 0 saturated heterocycles. The summed E-state index contributed by atoms with van der Waals surface area (Å²) in [6.45, 7) is 0. The molecule has 3 nitrogen and oxygen atoms in total. The maximum Gasteiger partial charge on any atom is 0.211 e. The lowest BCUT2D eigenvalue weighted by Gasteiger charge is -1.99. The van der Waals surface area contributed by atoms with Gasteiger partial charge in [0.1, 0.15) is 4.60 Å². The second-order valence-corrected chi connectivity index (χ2v) is 2.48. The van der Waals surface area contributed by atoms with Gasteiger partial charge in [0.25, 0.3) is 0 Å². The van der Waals surface area contributed by atoms with Gasteiger partial charge < -0.3 is 5.32 Å². The smallest absolute Gasteiger partial charge is 0.211 e. The molecule has 0 spiro atoms. The van der Waals surface area contributed by atoms with Gasteiger partial charge in [0.15, 0.2) is 5.82 Å². The van der Waals surface area contributed by atoms with Crippen LogP contribution in [0.25, 0.3) is 0 Å². The second-order valence-electron chi connectivity index (χ2n) is 1.73. The fraction of sp³-hybridized carbons (Fsp3) is 0. The fourth-order valence-corrected chi connectivity index (χ4v) is 0.925. The summed E-state index contributed by atoms with van der Waals surface area (Å²) in [7, 11) is 0. The molecule has 1 heterocycles. The zero-order chi connectivity index (χ0) is 8.27. The van der Waals surface area contributed by atoms with E-state index in [2.05, 4.69) is 26.2 Å². The van der Waals surface area contributed by atoms with Gasteiger partial charge in [-0.3, -0.25) is 4.79 Å². The number of hydrogen-bond donors (Lipinski definition) is 1. The van der Waals surface area contributed by atoms with Crippen LogP contribution < -0.4 is 5.32 Å². The molecule has 0 aliphatic rings. The summed E-state index contributed by atoms with van der Waals surface area (Å²) in [5, 5.41) is 2.19. The summed E-state index contributed by atoms with van der Waals surface area (Å²) in [5.41, 5.74) is 0.113. The molecule has 1 amide bonds. The number of amides is 1. The number of aromatic nitrogens is 1. The van der Waals surface area contributed by atoms with E-state index in [1.165, 1.54) is 12.3 Å². The predicted molar refractivity (Wildman–Crippen MR) is 41.6 cm³/mol. The summed E-state index contributed by atoms with van der Waals surface area (Å²) in [4.78, 5) is 13.5. The first kappa shape index (κ1) is 8.13. The van der Waals surface area contributed by atoms with Crippen LogP contribution in [0, 0.1) is 5.82 Å². The highest BCUT2D eigenvalue weighted by molar-refractivity contribution is 9.10. The molecule has 0 saturated carbocycles. The summed E-state index contributed by atoms with van der Waals surface area (Å²) < 4.78 is 12.9. The molecular weight excluding hydrogens is 215 g/mol. The maximum atomic E-state index is 12.9. The van der Waals surface area contributed by atoms with Gasteiger partial charge in [-0.05, 0) is 22.0 Å². The van der Waals surface area contributed by atoms with Crippen molar-refractivity contribution in [2.24, 2.45) is 0 Å². The van der Waals surface area contributed by atoms with E-state index in [-0.39, 0.29) is 10.3 Å². The van der Waals surface area contributed by atoms with Crippen molar-refractivity contribution in [1.82, 2.24) is 4.98 Å². The van der Waals surface area contributed by atoms with E-state index in [4.69, 9.17) is 0 Å². The Hall–Kier alpha value is -0.970. The molecule has 0 aromatic carbocycles. The number of carbonyl (C=O) groups is 1. The maximum absolute atomic E-state index is 12.9. The van der Waals surface area contributed by atoms with E-state index in [1.54, 1.807) is 0 Å². The van der Waals surface area contributed by atoms with Gasteiger partial charge in [0.05, 0.1) is 5.69 Å². The van der Waals surface area contributed by atoms with E-state index in [0.29, 0.717) is 6.41 Å². The number of hydrogen-bond acceptors (Lipinski definition) is 2. The molecule has 0 aliphatic carbocycles. The third-order valence-corrected chi connectivity index (χ3v) is 1.61. The Bertz CT molecular complexity index is 279. The van der Waals surface area contributed by atoms with Crippen LogP contribution in [0.15, 0.2) is 16.9 Å². The Morgan fingerprint density at radius 3 is 3.09 bits per heavy atom. The molecule has 1 rings (SSSR count).